The minimum Gasteiger partial charge on any atom is -0.497 e. The van der Waals surface area contributed by atoms with E-state index in [0.717, 1.165) is 18.2 Å². The molecule has 0 radical (unpaired) electrons. The molecule has 0 unspecified atom stereocenters. The Kier molecular flexibility index (Phi) is 11.0. The van der Waals surface area contributed by atoms with Crippen LogP contribution in [0.3, 0.4) is 0 Å². The van der Waals surface area contributed by atoms with Crippen molar-refractivity contribution in [3.8, 4) is 5.75 Å². The molecule has 0 bridgehead atoms. The highest BCUT2D eigenvalue weighted by Crippen LogP contribution is 2.24. The van der Waals surface area contributed by atoms with E-state index in [0.29, 0.717) is 16.5 Å². The van der Waals surface area contributed by atoms with Crippen LogP contribution in [-0.4, -0.2) is 57.1 Å². The van der Waals surface area contributed by atoms with Crippen molar-refractivity contribution >= 4 is 39.1 Å². The first-order valence-electron chi connectivity index (χ1n) is 11.9. The lowest BCUT2D eigenvalue weighted by atomic mass is 10.1. The predicted octanol–water partition coefficient (Wildman–Crippen LogP) is 4.23. The topological polar surface area (TPSA) is 96.0 Å². The van der Waals surface area contributed by atoms with Gasteiger partial charge in [0.05, 0.1) is 19.1 Å². The minimum atomic E-state index is -3.58. The average molecular weight is 538 g/mol. The second-order valence-electron chi connectivity index (χ2n) is 8.78. The van der Waals surface area contributed by atoms with Crippen molar-refractivity contribution in [1.29, 1.82) is 0 Å². The van der Waals surface area contributed by atoms with Crippen molar-refractivity contribution in [2.75, 3.05) is 24.2 Å². The number of nitrogens with one attached hydrogen (secondary N) is 1. The van der Waals surface area contributed by atoms with Gasteiger partial charge in [0.15, 0.2) is 0 Å². The molecular weight excluding hydrogens is 502 g/mol. The summed E-state index contributed by atoms with van der Waals surface area (Å²) >= 11 is 6.00. The summed E-state index contributed by atoms with van der Waals surface area (Å²) in [4.78, 5) is 27.7. The van der Waals surface area contributed by atoms with Crippen LogP contribution in [0.4, 0.5) is 5.69 Å². The van der Waals surface area contributed by atoms with Crippen molar-refractivity contribution in [2.45, 2.75) is 58.7 Å². The third-order valence-corrected chi connectivity index (χ3v) is 7.37. The maximum atomic E-state index is 13.3. The maximum Gasteiger partial charge on any atom is 0.242 e. The van der Waals surface area contributed by atoms with Crippen LogP contribution in [-0.2, 0) is 26.2 Å². The number of hydrogen-bond donors (Lipinski definition) is 1. The van der Waals surface area contributed by atoms with Crippen LogP contribution in [0.1, 0.15) is 45.6 Å². The monoisotopic (exact) mass is 537 g/mol. The molecule has 2 amide bonds. The van der Waals surface area contributed by atoms with Gasteiger partial charge in [-0.15, -0.1) is 0 Å². The number of halogens is 1. The smallest absolute Gasteiger partial charge is 0.242 e. The summed E-state index contributed by atoms with van der Waals surface area (Å²) in [6.45, 7) is 5.93. The molecule has 2 aromatic rings. The number of benzene rings is 2. The Morgan fingerprint density at radius 2 is 1.78 bits per heavy atom. The summed E-state index contributed by atoms with van der Waals surface area (Å²) in [5, 5.41) is 3.51. The number of methoxy groups -OCH3 is 1. The van der Waals surface area contributed by atoms with Crippen molar-refractivity contribution in [3.63, 3.8) is 0 Å². The number of anilines is 1. The average Bonchev–Trinajstić information content (AvgIpc) is 2.84. The fraction of sp³-hybridized carbons (Fsp3) is 0.462. The molecule has 2 atom stereocenters. The third kappa shape index (κ3) is 8.71. The van der Waals surface area contributed by atoms with Crippen molar-refractivity contribution in [1.82, 2.24) is 10.2 Å². The molecule has 0 spiro atoms. The number of rotatable bonds is 13. The van der Waals surface area contributed by atoms with E-state index >= 15 is 0 Å². The first kappa shape index (κ1) is 29.5. The van der Waals surface area contributed by atoms with Gasteiger partial charge in [-0.25, -0.2) is 8.42 Å². The van der Waals surface area contributed by atoms with Crippen LogP contribution < -0.4 is 14.4 Å². The number of nitrogens with zero attached hydrogens (tertiary/aromatic N) is 2. The lowest BCUT2D eigenvalue weighted by Crippen LogP contribution is -2.49. The number of carbonyl (C=O) groups is 2. The Morgan fingerprint density at radius 3 is 2.36 bits per heavy atom. The van der Waals surface area contributed by atoms with Gasteiger partial charge in [-0.2, -0.15) is 0 Å². The zero-order valence-corrected chi connectivity index (χ0v) is 23.1. The number of sulfonamides is 1. The van der Waals surface area contributed by atoms with Crippen LogP contribution >= 0.6 is 11.6 Å². The van der Waals surface area contributed by atoms with E-state index in [9.17, 15) is 18.0 Å². The van der Waals surface area contributed by atoms with Gasteiger partial charge in [0.25, 0.3) is 0 Å². The zero-order valence-electron chi connectivity index (χ0n) is 21.5. The van der Waals surface area contributed by atoms with Gasteiger partial charge in [0.2, 0.25) is 21.8 Å². The van der Waals surface area contributed by atoms with E-state index in [1.54, 1.807) is 43.3 Å². The summed E-state index contributed by atoms with van der Waals surface area (Å²) in [6.07, 6.45) is 2.25. The van der Waals surface area contributed by atoms with E-state index in [2.05, 4.69) is 5.32 Å². The molecule has 1 N–H and O–H groups in total. The van der Waals surface area contributed by atoms with Crippen molar-refractivity contribution in [2.24, 2.45) is 0 Å². The van der Waals surface area contributed by atoms with Gasteiger partial charge in [-0.05, 0) is 56.5 Å². The molecule has 198 valence electrons. The van der Waals surface area contributed by atoms with Crippen molar-refractivity contribution in [3.05, 3.63) is 59.1 Å². The van der Waals surface area contributed by atoms with Gasteiger partial charge < -0.3 is 15.0 Å². The standard InChI is InChI=1S/C26H36ClN3O5S/c1-6-19(2)28-26(32)20(3)29(18-21-12-14-22(27)15-13-21)25(31)11-8-16-30(36(5,33)34)23-9-7-10-24(17-23)35-4/h7,9-10,12-15,17,19-20H,6,8,11,16,18H2,1-5H3,(H,28,32)/t19-,20+/m1/s1. The van der Waals surface area contributed by atoms with Gasteiger partial charge in [-0.1, -0.05) is 36.7 Å². The third-order valence-electron chi connectivity index (χ3n) is 5.93. The van der Waals surface area contributed by atoms with Crippen LogP contribution in [0.2, 0.25) is 5.02 Å². The fourth-order valence-electron chi connectivity index (χ4n) is 3.60. The predicted molar refractivity (Wildman–Crippen MR) is 144 cm³/mol. The molecule has 0 saturated carbocycles. The normalized spacial score (nSPS) is 12.9. The van der Waals surface area contributed by atoms with E-state index in [4.69, 9.17) is 16.3 Å². The number of carbonyl (C=O) groups excluding carboxylic acids is 2. The van der Waals surface area contributed by atoms with E-state index in [-0.39, 0.29) is 43.8 Å². The lowest BCUT2D eigenvalue weighted by molar-refractivity contribution is -0.140. The number of hydrogen-bond acceptors (Lipinski definition) is 5. The van der Waals surface area contributed by atoms with Crippen LogP contribution in [0.5, 0.6) is 5.75 Å². The van der Waals surface area contributed by atoms with Crippen LogP contribution in [0, 0.1) is 0 Å². The largest absolute Gasteiger partial charge is 0.497 e. The Morgan fingerprint density at radius 1 is 1.11 bits per heavy atom. The number of amides is 2. The molecule has 0 aliphatic carbocycles. The molecule has 0 aliphatic heterocycles. The van der Waals surface area contributed by atoms with E-state index in [1.165, 1.54) is 16.3 Å². The highest BCUT2D eigenvalue weighted by atomic mass is 35.5. The summed E-state index contributed by atoms with van der Waals surface area (Å²) in [6, 6.07) is 13.1. The minimum absolute atomic E-state index is 0.0152. The molecular formula is C26H36ClN3O5S. The highest BCUT2D eigenvalue weighted by Gasteiger charge is 2.27. The summed E-state index contributed by atoms with van der Waals surface area (Å²) in [5.74, 6) is 0.0594. The summed E-state index contributed by atoms with van der Waals surface area (Å²) in [7, 11) is -2.07. The molecule has 10 heteroatoms. The van der Waals surface area contributed by atoms with Crippen LogP contribution in [0.25, 0.3) is 0 Å². The first-order chi connectivity index (χ1) is 17.0. The SMILES string of the molecule is CC[C@@H](C)NC(=O)[C@H](C)N(Cc1ccc(Cl)cc1)C(=O)CCCN(c1cccc(OC)c1)S(C)(=O)=O. The molecule has 8 nitrogen and oxygen atoms in total. The fourth-order valence-corrected chi connectivity index (χ4v) is 4.69. The number of ether oxygens (including phenoxy) is 1. The van der Waals surface area contributed by atoms with Crippen molar-refractivity contribution < 1.29 is 22.7 Å². The molecule has 2 aromatic carbocycles. The molecule has 2 rings (SSSR count). The van der Waals surface area contributed by atoms with Gasteiger partial charge in [0, 0.05) is 36.6 Å². The molecule has 36 heavy (non-hydrogen) atoms. The molecule has 0 aromatic heterocycles. The summed E-state index contributed by atoms with van der Waals surface area (Å²) in [5.41, 5.74) is 1.30. The summed E-state index contributed by atoms with van der Waals surface area (Å²) < 4.78 is 31.4. The van der Waals surface area contributed by atoms with Gasteiger partial charge in [0.1, 0.15) is 11.8 Å². The highest BCUT2D eigenvalue weighted by molar-refractivity contribution is 7.92. The van der Waals surface area contributed by atoms with E-state index < -0.39 is 16.1 Å². The van der Waals surface area contributed by atoms with Crippen LogP contribution in [0.15, 0.2) is 48.5 Å². The molecule has 0 saturated heterocycles. The molecule has 0 fully saturated rings. The molecule has 0 aliphatic rings. The lowest BCUT2D eigenvalue weighted by Gasteiger charge is -2.30. The van der Waals surface area contributed by atoms with Gasteiger partial charge in [-0.3, -0.25) is 13.9 Å². The Balaban J connectivity index is 2.17. The van der Waals surface area contributed by atoms with E-state index in [1.807, 2.05) is 26.0 Å². The first-order valence-corrected chi connectivity index (χ1v) is 14.1. The Labute approximate surface area is 219 Å². The Hall–Kier alpha value is -2.78. The second kappa shape index (κ2) is 13.5. The quantitative estimate of drug-likeness (QED) is 0.412. The molecule has 0 heterocycles. The second-order valence-corrected chi connectivity index (χ2v) is 11.1. The Bertz CT molecular complexity index is 1120. The maximum absolute atomic E-state index is 13.3. The zero-order chi connectivity index (χ0) is 26.9. The van der Waals surface area contributed by atoms with Gasteiger partial charge >= 0.3 is 0 Å².